The molecule has 2 aromatic carbocycles. The molecular formula is C21H21N3O2. The SMILES string of the molecule is COc1cccc(/C=C(\C#N)c2nc3ccccc3n2C)c1OC(C)C. The smallest absolute Gasteiger partial charge is 0.168 e. The average molecular weight is 347 g/mol. The first-order chi connectivity index (χ1) is 12.5. The quantitative estimate of drug-likeness (QED) is 0.641. The molecule has 0 aliphatic heterocycles. The van der Waals surface area contributed by atoms with Crippen LogP contribution in [0.2, 0.25) is 0 Å². The zero-order valence-corrected chi connectivity index (χ0v) is 15.4. The molecule has 1 aromatic heterocycles. The number of hydrogen-bond donors (Lipinski definition) is 0. The monoisotopic (exact) mass is 347 g/mol. The second kappa shape index (κ2) is 7.32. The lowest BCUT2D eigenvalue weighted by Crippen LogP contribution is -2.08. The van der Waals surface area contributed by atoms with E-state index in [-0.39, 0.29) is 6.10 Å². The van der Waals surface area contributed by atoms with Crippen LogP contribution in [0, 0.1) is 11.3 Å². The summed E-state index contributed by atoms with van der Waals surface area (Å²) in [5.41, 5.74) is 3.08. The summed E-state index contributed by atoms with van der Waals surface area (Å²) in [6.45, 7) is 3.91. The van der Waals surface area contributed by atoms with Crippen LogP contribution in [0.15, 0.2) is 42.5 Å². The third-order valence-electron chi connectivity index (χ3n) is 4.03. The Hall–Kier alpha value is -3.26. The van der Waals surface area contributed by atoms with Crippen LogP contribution in [0.3, 0.4) is 0 Å². The second-order valence-electron chi connectivity index (χ2n) is 6.20. The van der Waals surface area contributed by atoms with Crippen molar-refractivity contribution in [3.63, 3.8) is 0 Å². The molecule has 0 saturated heterocycles. The van der Waals surface area contributed by atoms with Gasteiger partial charge >= 0.3 is 0 Å². The molecule has 0 N–H and O–H groups in total. The highest BCUT2D eigenvalue weighted by molar-refractivity contribution is 5.92. The molecule has 0 fully saturated rings. The minimum Gasteiger partial charge on any atom is -0.493 e. The summed E-state index contributed by atoms with van der Waals surface area (Å²) in [4.78, 5) is 4.61. The molecule has 3 aromatic rings. The van der Waals surface area contributed by atoms with E-state index in [1.807, 2.05) is 67.9 Å². The number of methoxy groups -OCH3 is 1. The van der Waals surface area contributed by atoms with Crippen LogP contribution in [-0.2, 0) is 7.05 Å². The largest absolute Gasteiger partial charge is 0.493 e. The lowest BCUT2D eigenvalue weighted by molar-refractivity contribution is 0.229. The summed E-state index contributed by atoms with van der Waals surface area (Å²) in [5.74, 6) is 1.87. The van der Waals surface area contributed by atoms with Gasteiger partial charge in [-0.25, -0.2) is 4.98 Å². The van der Waals surface area contributed by atoms with Crippen LogP contribution in [0.1, 0.15) is 25.2 Å². The minimum absolute atomic E-state index is 0.0141. The molecule has 0 aliphatic rings. The number of imidazole rings is 1. The number of hydrogen-bond acceptors (Lipinski definition) is 4. The van der Waals surface area contributed by atoms with E-state index in [0.717, 1.165) is 16.6 Å². The topological polar surface area (TPSA) is 60.1 Å². The number of ether oxygens (including phenoxy) is 2. The molecule has 26 heavy (non-hydrogen) atoms. The fourth-order valence-corrected chi connectivity index (χ4v) is 2.86. The van der Waals surface area contributed by atoms with E-state index in [4.69, 9.17) is 9.47 Å². The van der Waals surface area contributed by atoms with Crippen molar-refractivity contribution in [2.75, 3.05) is 7.11 Å². The van der Waals surface area contributed by atoms with Gasteiger partial charge in [-0.1, -0.05) is 24.3 Å². The first-order valence-corrected chi connectivity index (χ1v) is 8.42. The van der Waals surface area contributed by atoms with Crippen molar-refractivity contribution in [3.8, 4) is 17.6 Å². The average Bonchev–Trinajstić information content (AvgIpc) is 2.97. The minimum atomic E-state index is -0.0141. The van der Waals surface area contributed by atoms with Crippen molar-refractivity contribution >= 4 is 22.7 Å². The number of benzene rings is 2. The number of nitrogens with zero attached hydrogens (tertiary/aromatic N) is 3. The maximum Gasteiger partial charge on any atom is 0.168 e. The van der Waals surface area contributed by atoms with E-state index in [1.54, 1.807) is 13.2 Å². The predicted octanol–water partition coefficient (Wildman–Crippen LogP) is 4.43. The van der Waals surface area contributed by atoms with Gasteiger partial charge < -0.3 is 14.0 Å². The fraction of sp³-hybridized carbons (Fsp3) is 0.238. The maximum atomic E-state index is 9.75. The van der Waals surface area contributed by atoms with Gasteiger partial charge in [0.05, 0.1) is 29.8 Å². The van der Waals surface area contributed by atoms with Gasteiger partial charge in [0.15, 0.2) is 17.3 Å². The van der Waals surface area contributed by atoms with E-state index >= 15 is 0 Å². The maximum absolute atomic E-state index is 9.75. The van der Waals surface area contributed by atoms with Crippen LogP contribution in [-0.4, -0.2) is 22.8 Å². The number of aryl methyl sites for hydroxylation is 1. The zero-order chi connectivity index (χ0) is 18.7. The summed E-state index contributed by atoms with van der Waals surface area (Å²) in [6, 6.07) is 15.7. The number of nitriles is 1. The molecule has 0 unspecified atom stereocenters. The Morgan fingerprint density at radius 1 is 1.19 bits per heavy atom. The van der Waals surface area contributed by atoms with Gasteiger partial charge in [-0.05, 0) is 38.1 Å². The Balaban J connectivity index is 2.15. The van der Waals surface area contributed by atoms with E-state index in [0.29, 0.717) is 22.9 Å². The van der Waals surface area contributed by atoms with E-state index in [2.05, 4.69) is 11.1 Å². The van der Waals surface area contributed by atoms with Crippen molar-refractivity contribution in [1.29, 1.82) is 5.26 Å². The number of para-hydroxylation sites is 3. The molecule has 1 heterocycles. The van der Waals surface area contributed by atoms with E-state index in [1.165, 1.54) is 0 Å². The highest BCUT2D eigenvalue weighted by Gasteiger charge is 2.15. The molecule has 0 bridgehead atoms. The summed E-state index contributed by atoms with van der Waals surface area (Å²) < 4.78 is 13.3. The highest BCUT2D eigenvalue weighted by atomic mass is 16.5. The fourth-order valence-electron chi connectivity index (χ4n) is 2.86. The summed E-state index contributed by atoms with van der Waals surface area (Å²) in [7, 11) is 3.51. The molecule has 0 atom stereocenters. The van der Waals surface area contributed by atoms with Gasteiger partial charge in [-0.2, -0.15) is 5.26 Å². The van der Waals surface area contributed by atoms with Crippen LogP contribution < -0.4 is 9.47 Å². The normalized spacial score (nSPS) is 11.6. The van der Waals surface area contributed by atoms with Gasteiger partial charge in [0, 0.05) is 12.6 Å². The molecular weight excluding hydrogens is 326 g/mol. The van der Waals surface area contributed by atoms with Crippen molar-refractivity contribution in [2.24, 2.45) is 7.05 Å². The predicted molar refractivity (Wildman–Crippen MR) is 103 cm³/mol. The zero-order valence-electron chi connectivity index (χ0n) is 15.4. The number of aromatic nitrogens is 2. The number of allylic oxidation sites excluding steroid dienone is 1. The Bertz CT molecular complexity index is 1010. The lowest BCUT2D eigenvalue weighted by Gasteiger charge is -2.16. The molecule has 5 heteroatoms. The van der Waals surface area contributed by atoms with Gasteiger partial charge in [-0.3, -0.25) is 0 Å². The van der Waals surface area contributed by atoms with E-state index in [9.17, 15) is 5.26 Å². The third kappa shape index (κ3) is 3.27. The van der Waals surface area contributed by atoms with Crippen LogP contribution in [0.4, 0.5) is 0 Å². The van der Waals surface area contributed by atoms with Crippen LogP contribution >= 0.6 is 0 Å². The first kappa shape index (κ1) is 17.6. The Morgan fingerprint density at radius 3 is 2.62 bits per heavy atom. The number of fused-ring (bicyclic) bond motifs is 1. The summed E-state index contributed by atoms with van der Waals surface area (Å²) in [5, 5.41) is 9.75. The Morgan fingerprint density at radius 2 is 1.96 bits per heavy atom. The molecule has 0 spiro atoms. The van der Waals surface area contributed by atoms with Crippen molar-refractivity contribution < 1.29 is 9.47 Å². The third-order valence-corrected chi connectivity index (χ3v) is 4.03. The van der Waals surface area contributed by atoms with Gasteiger partial charge in [0.1, 0.15) is 6.07 Å². The summed E-state index contributed by atoms with van der Waals surface area (Å²) in [6.07, 6.45) is 1.78. The Labute approximate surface area is 153 Å². The molecule has 0 saturated carbocycles. The molecule has 0 radical (unpaired) electrons. The van der Waals surface area contributed by atoms with Gasteiger partial charge in [0.2, 0.25) is 0 Å². The van der Waals surface area contributed by atoms with Crippen molar-refractivity contribution in [3.05, 3.63) is 53.9 Å². The van der Waals surface area contributed by atoms with Gasteiger partial charge in [-0.15, -0.1) is 0 Å². The number of rotatable bonds is 5. The Kier molecular flexibility index (Phi) is 4.94. The summed E-state index contributed by atoms with van der Waals surface area (Å²) >= 11 is 0. The van der Waals surface area contributed by atoms with E-state index < -0.39 is 0 Å². The molecule has 0 aliphatic carbocycles. The van der Waals surface area contributed by atoms with Gasteiger partial charge in [0.25, 0.3) is 0 Å². The lowest BCUT2D eigenvalue weighted by atomic mass is 10.1. The van der Waals surface area contributed by atoms with Crippen LogP contribution in [0.25, 0.3) is 22.7 Å². The van der Waals surface area contributed by atoms with Crippen molar-refractivity contribution in [1.82, 2.24) is 9.55 Å². The molecule has 3 rings (SSSR count). The highest BCUT2D eigenvalue weighted by Crippen LogP contribution is 2.34. The van der Waals surface area contributed by atoms with Crippen molar-refractivity contribution in [2.45, 2.75) is 20.0 Å². The molecule has 0 amide bonds. The molecule has 5 nitrogen and oxygen atoms in total. The standard InChI is InChI=1S/C21H21N3O2/c1-14(2)26-20-15(8-7-11-19(20)25-4)12-16(13-22)21-23-17-9-5-6-10-18(17)24(21)3/h5-12,14H,1-4H3/b16-12+. The second-order valence-corrected chi connectivity index (χ2v) is 6.20. The molecule has 132 valence electrons. The first-order valence-electron chi connectivity index (χ1n) is 8.42. The van der Waals surface area contributed by atoms with Crippen LogP contribution in [0.5, 0.6) is 11.5 Å².